The fraction of sp³-hybridized carbons (Fsp3) is 0.457. The summed E-state index contributed by atoms with van der Waals surface area (Å²) in [5, 5.41) is 0. The van der Waals surface area contributed by atoms with Gasteiger partial charge in [0, 0.05) is 24.2 Å². The molecule has 0 amide bonds. The molecule has 0 radical (unpaired) electrons. The monoisotopic (exact) mass is 539 g/mol. The summed E-state index contributed by atoms with van der Waals surface area (Å²) in [6.45, 7) is 24.9. The highest BCUT2D eigenvalue weighted by Gasteiger charge is 2.14. The van der Waals surface area contributed by atoms with Crippen LogP contribution in [0.3, 0.4) is 0 Å². The van der Waals surface area contributed by atoms with Gasteiger partial charge in [0.1, 0.15) is 17.4 Å². The molecule has 0 spiro atoms. The fourth-order valence-electron chi connectivity index (χ4n) is 2.04. The van der Waals surface area contributed by atoms with Crippen molar-refractivity contribution in [2.24, 2.45) is 5.41 Å². The standard InChI is InChI=1S/C10H16.C8H11N.C7H7F.C6H12O.C4H8O/c1-5-10(6-2)8-7-9(3)4;1-2-4-8-5-3-6-9-7-8;1-6-2-4-7(8)5-3-6;1-5(7)6(2,3)4;1-3-4(2)5/h5,7-8H,3,6H2,1-2,4H3;3,5-7H,2,4H2,1H3;2-5H,1H3;1-4H3;3H2,1-2H3/b8-7-,10-5-;;;;. The molecule has 0 atom stereocenters. The smallest absolute Gasteiger partial charge is 0.135 e. The van der Waals surface area contributed by atoms with Crippen molar-refractivity contribution in [1.29, 1.82) is 0 Å². The number of ketones is 2. The molecule has 3 nitrogen and oxygen atoms in total. The van der Waals surface area contributed by atoms with Crippen LogP contribution in [0.5, 0.6) is 0 Å². The van der Waals surface area contributed by atoms with Gasteiger partial charge in [-0.3, -0.25) is 9.78 Å². The number of hydrogen-bond donors (Lipinski definition) is 0. The van der Waals surface area contributed by atoms with E-state index in [1.54, 1.807) is 32.2 Å². The van der Waals surface area contributed by atoms with Crippen molar-refractivity contribution in [3.8, 4) is 0 Å². The van der Waals surface area contributed by atoms with Crippen LogP contribution in [0.2, 0.25) is 0 Å². The molecule has 218 valence electrons. The van der Waals surface area contributed by atoms with E-state index in [1.807, 2.05) is 59.9 Å². The number of aromatic nitrogens is 1. The van der Waals surface area contributed by atoms with Crippen LogP contribution in [0, 0.1) is 18.2 Å². The number of carbonyl (C=O) groups is 2. The van der Waals surface area contributed by atoms with Crippen molar-refractivity contribution in [1.82, 2.24) is 4.98 Å². The van der Waals surface area contributed by atoms with Gasteiger partial charge < -0.3 is 4.79 Å². The lowest BCUT2D eigenvalue weighted by Gasteiger charge is -2.11. The first kappa shape index (κ1) is 40.4. The average molecular weight is 540 g/mol. The molecule has 39 heavy (non-hydrogen) atoms. The molecule has 0 bridgehead atoms. The third-order valence-electron chi connectivity index (χ3n) is 5.19. The minimum Gasteiger partial charge on any atom is -0.300 e. The lowest BCUT2D eigenvalue weighted by atomic mass is 9.92. The number of carbonyl (C=O) groups excluding carboxylic acids is 2. The normalized spacial score (nSPS) is 10.3. The predicted octanol–water partition coefficient (Wildman–Crippen LogP) is 10.3. The predicted molar refractivity (Wildman–Crippen MR) is 168 cm³/mol. The van der Waals surface area contributed by atoms with E-state index in [0.29, 0.717) is 6.42 Å². The number of halogens is 1. The van der Waals surface area contributed by atoms with Crippen LogP contribution in [0.25, 0.3) is 0 Å². The Labute approximate surface area is 239 Å². The van der Waals surface area contributed by atoms with Crippen LogP contribution in [0.4, 0.5) is 4.39 Å². The highest BCUT2D eigenvalue weighted by Crippen LogP contribution is 2.12. The topological polar surface area (TPSA) is 47.0 Å². The van der Waals surface area contributed by atoms with Gasteiger partial charge in [-0.1, -0.05) is 108 Å². The van der Waals surface area contributed by atoms with E-state index in [-0.39, 0.29) is 22.8 Å². The lowest BCUT2D eigenvalue weighted by Crippen LogP contribution is -2.15. The van der Waals surface area contributed by atoms with E-state index in [2.05, 4.69) is 50.6 Å². The van der Waals surface area contributed by atoms with Crippen molar-refractivity contribution in [3.63, 3.8) is 0 Å². The highest BCUT2D eigenvalue weighted by atomic mass is 19.1. The maximum absolute atomic E-state index is 12.1. The van der Waals surface area contributed by atoms with E-state index >= 15 is 0 Å². The van der Waals surface area contributed by atoms with Crippen LogP contribution >= 0.6 is 0 Å². The number of allylic oxidation sites excluding steroid dienone is 5. The Morgan fingerprint density at radius 3 is 1.74 bits per heavy atom. The summed E-state index contributed by atoms with van der Waals surface area (Å²) in [6, 6.07) is 10.5. The molecule has 1 aromatic carbocycles. The zero-order valence-corrected chi connectivity index (χ0v) is 26.5. The largest absolute Gasteiger partial charge is 0.300 e. The van der Waals surface area contributed by atoms with E-state index in [9.17, 15) is 14.0 Å². The first-order valence-corrected chi connectivity index (χ1v) is 13.7. The summed E-state index contributed by atoms with van der Waals surface area (Å²) in [5.74, 6) is 0.327. The van der Waals surface area contributed by atoms with Gasteiger partial charge in [0.05, 0.1) is 0 Å². The first-order valence-electron chi connectivity index (χ1n) is 13.7. The Bertz CT molecular complexity index is 945. The second-order valence-corrected chi connectivity index (χ2v) is 10.2. The number of Topliss-reactive ketones (excluding diaryl/α,β-unsaturated/α-hetero) is 2. The summed E-state index contributed by atoms with van der Waals surface area (Å²) >= 11 is 0. The molecule has 0 N–H and O–H groups in total. The molecule has 0 saturated heterocycles. The van der Waals surface area contributed by atoms with Gasteiger partial charge in [0.15, 0.2) is 0 Å². The van der Waals surface area contributed by atoms with E-state index < -0.39 is 0 Å². The molecule has 0 unspecified atom stereocenters. The fourth-order valence-corrected chi connectivity index (χ4v) is 2.04. The zero-order chi connectivity index (χ0) is 30.9. The molecular weight excluding hydrogens is 485 g/mol. The Balaban J connectivity index is -0.000000422. The second kappa shape index (κ2) is 25.2. The van der Waals surface area contributed by atoms with Crippen LogP contribution in [-0.4, -0.2) is 16.6 Å². The molecule has 1 aromatic heterocycles. The minimum absolute atomic E-state index is 0.139. The Hall–Kier alpha value is -3.14. The second-order valence-electron chi connectivity index (χ2n) is 10.2. The summed E-state index contributed by atoms with van der Waals surface area (Å²) in [6.07, 6.45) is 14.1. The van der Waals surface area contributed by atoms with Crippen molar-refractivity contribution >= 4 is 11.6 Å². The number of nitrogens with zero attached hydrogens (tertiary/aromatic N) is 1. The Kier molecular flexibility index (Phi) is 26.0. The number of pyridine rings is 1. The highest BCUT2D eigenvalue weighted by molar-refractivity contribution is 5.80. The van der Waals surface area contributed by atoms with E-state index in [1.165, 1.54) is 29.7 Å². The van der Waals surface area contributed by atoms with Crippen molar-refractivity contribution in [3.05, 3.63) is 102 Å². The summed E-state index contributed by atoms with van der Waals surface area (Å²) in [7, 11) is 0. The number of rotatable bonds is 6. The minimum atomic E-state index is -0.171. The maximum atomic E-state index is 12.1. The van der Waals surface area contributed by atoms with Gasteiger partial charge >= 0.3 is 0 Å². The number of benzene rings is 1. The third kappa shape index (κ3) is 31.0. The van der Waals surface area contributed by atoms with Gasteiger partial charge in [-0.15, -0.1) is 0 Å². The lowest BCUT2D eigenvalue weighted by molar-refractivity contribution is -0.124. The van der Waals surface area contributed by atoms with E-state index in [4.69, 9.17) is 0 Å². The Morgan fingerprint density at radius 1 is 0.949 bits per heavy atom. The maximum Gasteiger partial charge on any atom is 0.135 e. The van der Waals surface area contributed by atoms with Gasteiger partial charge in [-0.25, -0.2) is 4.39 Å². The van der Waals surface area contributed by atoms with Crippen LogP contribution in [0.1, 0.15) is 99.6 Å². The number of aryl methyl sites for hydroxylation is 2. The van der Waals surface area contributed by atoms with Crippen LogP contribution < -0.4 is 0 Å². The molecule has 2 rings (SSSR count). The van der Waals surface area contributed by atoms with Gasteiger partial charge in [-0.2, -0.15) is 0 Å². The van der Waals surface area contributed by atoms with Gasteiger partial charge in [-0.05, 0) is 71.2 Å². The van der Waals surface area contributed by atoms with Gasteiger partial charge in [0.2, 0.25) is 0 Å². The molecule has 0 fully saturated rings. The summed E-state index contributed by atoms with van der Waals surface area (Å²) < 4.78 is 12.1. The van der Waals surface area contributed by atoms with Gasteiger partial charge in [0.25, 0.3) is 0 Å². The molecule has 4 heteroatoms. The average Bonchev–Trinajstić information content (AvgIpc) is 2.88. The first-order chi connectivity index (χ1) is 18.1. The van der Waals surface area contributed by atoms with Crippen LogP contribution in [0.15, 0.2) is 84.7 Å². The number of hydrogen-bond acceptors (Lipinski definition) is 3. The third-order valence-corrected chi connectivity index (χ3v) is 5.19. The van der Waals surface area contributed by atoms with Crippen molar-refractivity contribution in [2.45, 2.75) is 102 Å². The molecule has 0 aliphatic rings. The summed E-state index contributed by atoms with van der Waals surface area (Å²) in [4.78, 5) is 24.3. The SMILES string of the molecule is C=C(C)/C=C\C(=C/C)CC.CC(=O)C(C)(C)C.CCC(C)=O.CCCc1cccnc1.Cc1ccc(F)cc1. The zero-order valence-electron chi connectivity index (χ0n) is 26.5. The molecule has 0 aliphatic heterocycles. The molecule has 1 heterocycles. The molecule has 2 aromatic rings. The molecular formula is C35H54FNO2. The van der Waals surface area contributed by atoms with Crippen molar-refractivity contribution in [2.75, 3.05) is 0 Å². The Morgan fingerprint density at radius 2 is 1.46 bits per heavy atom. The molecule has 0 saturated carbocycles. The summed E-state index contributed by atoms with van der Waals surface area (Å²) in [5.41, 5.74) is 4.75. The van der Waals surface area contributed by atoms with E-state index in [0.717, 1.165) is 24.0 Å². The van der Waals surface area contributed by atoms with Crippen molar-refractivity contribution < 1.29 is 14.0 Å². The van der Waals surface area contributed by atoms with Crippen LogP contribution in [-0.2, 0) is 16.0 Å². The molecule has 0 aliphatic carbocycles. The quantitative estimate of drug-likeness (QED) is 0.343.